The second kappa shape index (κ2) is 5.71. The van der Waals surface area contributed by atoms with Crippen LogP contribution in [0.4, 0.5) is 5.69 Å². The second-order valence-electron chi connectivity index (χ2n) is 4.15. The molecule has 3 N–H and O–H groups in total. The molecule has 108 valence electrons. The maximum absolute atomic E-state index is 12.3. The van der Waals surface area contributed by atoms with Gasteiger partial charge in [0, 0.05) is 4.47 Å². The fraction of sp³-hybridized carbons (Fsp3) is 0. The van der Waals surface area contributed by atoms with Gasteiger partial charge >= 0.3 is 5.69 Å². The number of aromatic nitrogens is 2. The van der Waals surface area contributed by atoms with Gasteiger partial charge in [-0.25, -0.2) is 4.79 Å². The molecule has 2 aromatic heterocycles. The largest absolute Gasteiger partial charge is 0.323 e. The first-order chi connectivity index (χ1) is 9.94. The highest BCUT2D eigenvalue weighted by Crippen LogP contribution is 2.33. The zero-order valence-electron chi connectivity index (χ0n) is 10.1. The van der Waals surface area contributed by atoms with Crippen molar-refractivity contribution in [1.29, 1.82) is 0 Å². The molecule has 21 heavy (non-hydrogen) atoms. The van der Waals surface area contributed by atoms with Crippen molar-refractivity contribution in [2.24, 2.45) is 0 Å². The van der Waals surface area contributed by atoms with Crippen molar-refractivity contribution in [2.45, 2.75) is 0 Å². The molecule has 3 rings (SSSR count). The van der Waals surface area contributed by atoms with Crippen LogP contribution in [0, 0.1) is 0 Å². The van der Waals surface area contributed by atoms with Gasteiger partial charge in [-0.15, -0.1) is 11.3 Å². The molecule has 0 saturated carbocycles. The van der Waals surface area contributed by atoms with Crippen molar-refractivity contribution >= 4 is 81.8 Å². The summed E-state index contributed by atoms with van der Waals surface area (Å²) in [5.41, 5.74) is 2.14. The number of rotatable bonds is 2. The Morgan fingerprint density at radius 3 is 2.38 bits per heavy atom. The van der Waals surface area contributed by atoms with Crippen LogP contribution >= 0.6 is 59.1 Å². The number of nitrogens with one attached hydrogen (secondary N) is 3. The van der Waals surface area contributed by atoms with Crippen LogP contribution in [-0.2, 0) is 0 Å². The molecule has 5 nitrogen and oxygen atoms in total. The van der Waals surface area contributed by atoms with Crippen LogP contribution < -0.4 is 11.0 Å². The van der Waals surface area contributed by atoms with E-state index in [1.807, 2.05) is 0 Å². The van der Waals surface area contributed by atoms with Gasteiger partial charge < -0.3 is 15.3 Å². The first-order valence-electron chi connectivity index (χ1n) is 5.62. The second-order valence-corrected chi connectivity index (χ2v) is 8.75. The zero-order valence-corrected chi connectivity index (χ0v) is 15.7. The number of imidazole rings is 1. The smallest absolute Gasteiger partial charge is 0.321 e. The Morgan fingerprint density at radius 1 is 1.10 bits per heavy atom. The lowest BCUT2D eigenvalue weighted by Gasteiger charge is -2.07. The fourth-order valence-electron chi connectivity index (χ4n) is 1.84. The van der Waals surface area contributed by atoms with Crippen molar-refractivity contribution in [2.75, 3.05) is 5.32 Å². The number of anilines is 1. The van der Waals surface area contributed by atoms with E-state index in [1.165, 1.54) is 11.3 Å². The van der Waals surface area contributed by atoms with Crippen molar-refractivity contribution in [3.63, 3.8) is 0 Å². The average Bonchev–Trinajstić information content (AvgIpc) is 2.91. The van der Waals surface area contributed by atoms with E-state index in [1.54, 1.807) is 18.2 Å². The van der Waals surface area contributed by atoms with E-state index < -0.39 is 0 Å². The predicted molar refractivity (Wildman–Crippen MR) is 94.3 cm³/mol. The molecule has 0 unspecified atom stereocenters. The molecule has 0 aliphatic rings. The van der Waals surface area contributed by atoms with Crippen LogP contribution in [0.25, 0.3) is 11.0 Å². The number of carbonyl (C=O) groups excluding carboxylic acids is 1. The first-order valence-corrected chi connectivity index (χ1v) is 8.81. The average molecular weight is 496 g/mol. The monoisotopic (exact) mass is 493 g/mol. The van der Waals surface area contributed by atoms with Gasteiger partial charge in [0.15, 0.2) is 0 Å². The summed E-state index contributed by atoms with van der Waals surface area (Å²) in [5, 5.41) is 2.82. The highest BCUT2D eigenvalue weighted by Gasteiger charge is 2.15. The quantitative estimate of drug-likeness (QED) is 0.491. The number of amides is 1. The Labute approximate surface area is 147 Å². The lowest BCUT2D eigenvalue weighted by Crippen LogP contribution is -2.11. The van der Waals surface area contributed by atoms with Gasteiger partial charge in [0.1, 0.15) is 0 Å². The summed E-state index contributed by atoms with van der Waals surface area (Å²) in [4.78, 5) is 28.9. The number of hydrogen-bond donors (Lipinski definition) is 3. The number of aromatic amines is 2. The summed E-state index contributed by atoms with van der Waals surface area (Å²) in [7, 11) is 0. The minimum atomic E-state index is -0.287. The third kappa shape index (κ3) is 3.01. The van der Waals surface area contributed by atoms with Gasteiger partial charge in [-0.1, -0.05) is 0 Å². The maximum atomic E-state index is 12.3. The Hall–Kier alpha value is -0.900. The van der Waals surface area contributed by atoms with Crippen LogP contribution in [0.5, 0.6) is 0 Å². The molecule has 0 spiro atoms. The molecular weight excluding hydrogens is 490 g/mol. The molecule has 0 radical (unpaired) electrons. The number of H-pyrrole nitrogens is 2. The summed E-state index contributed by atoms with van der Waals surface area (Å²) in [5.74, 6) is -0.234. The normalized spacial score (nSPS) is 11.0. The summed E-state index contributed by atoms with van der Waals surface area (Å²) in [6.07, 6.45) is 0. The number of thiophene rings is 1. The zero-order chi connectivity index (χ0) is 15.1. The van der Waals surface area contributed by atoms with Gasteiger partial charge in [0.25, 0.3) is 5.91 Å². The van der Waals surface area contributed by atoms with Crippen molar-refractivity contribution in [3.05, 3.63) is 46.3 Å². The lowest BCUT2D eigenvalue weighted by molar-refractivity contribution is 0.102. The maximum Gasteiger partial charge on any atom is 0.323 e. The molecule has 0 bridgehead atoms. The molecule has 1 aromatic carbocycles. The van der Waals surface area contributed by atoms with E-state index in [2.05, 4.69) is 63.1 Å². The minimum absolute atomic E-state index is 0.234. The Morgan fingerprint density at radius 2 is 1.76 bits per heavy atom. The van der Waals surface area contributed by atoms with Gasteiger partial charge in [-0.05, 0) is 66.0 Å². The topological polar surface area (TPSA) is 77.8 Å². The van der Waals surface area contributed by atoms with Crippen molar-refractivity contribution < 1.29 is 4.79 Å². The van der Waals surface area contributed by atoms with Crippen LogP contribution in [0.2, 0.25) is 0 Å². The molecule has 3 aromatic rings. The highest BCUT2D eigenvalue weighted by molar-refractivity contribution is 9.12. The SMILES string of the molecule is O=C(Nc1cc2[nH]c(=O)[nH]c2cc1Br)c1cc(Br)sc1Br. The molecular formula is C12H6Br3N3O2S. The van der Waals surface area contributed by atoms with Crippen LogP contribution in [0.3, 0.4) is 0 Å². The Balaban J connectivity index is 1.97. The predicted octanol–water partition coefficient (Wildman–Crippen LogP) is 4.46. The lowest BCUT2D eigenvalue weighted by atomic mass is 10.2. The summed E-state index contributed by atoms with van der Waals surface area (Å²) < 4.78 is 2.30. The number of fused-ring (bicyclic) bond motifs is 1. The fourth-order valence-corrected chi connectivity index (χ4v) is 5.07. The first kappa shape index (κ1) is 15.0. The van der Waals surface area contributed by atoms with E-state index in [0.29, 0.717) is 26.8 Å². The summed E-state index contributed by atoms with van der Waals surface area (Å²) in [6.45, 7) is 0. The molecule has 2 heterocycles. The summed E-state index contributed by atoms with van der Waals surface area (Å²) >= 11 is 11.5. The number of halogens is 3. The molecule has 0 aliphatic heterocycles. The van der Waals surface area contributed by atoms with E-state index in [0.717, 1.165) is 7.57 Å². The minimum Gasteiger partial charge on any atom is -0.321 e. The van der Waals surface area contributed by atoms with E-state index in [4.69, 9.17) is 0 Å². The van der Waals surface area contributed by atoms with Gasteiger partial charge in [0.2, 0.25) is 0 Å². The molecule has 0 fully saturated rings. The highest BCUT2D eigenvalue weighted by atomic mass is 79.9. The number of hydrogen-bond acceptors (Lipinski definition) is 3. The third-order valence-corrected chi connectivity index (χ3v) is 5.75. The molecule has 0 saturated heterocycles. The van der Waals surface area contributed by atoms with Crippen LogP contribution in [0.1, 0.15) is 10.4 Å². The van der Waals surface area contributed by atoms with Crippen LogP contribution in [0.15, 0.2) is 35.0 Å². The van der Waals surface area contributed by atoms with Gasteiger partial charge in [-0.2, -0.15) is 0 Å². The number of carbonyl (C=O) groups is 1. The molecule has 0 aliphatic carbocycles. The van der Waals surface area contributed by atoms with Gasteiger partial charge in [0.05, 0.1) is 29.9 Å². The molecule has 1 amide bonds. The standard InChI is InChI=1S/C12H6Br3N3O2S/c13-5-2-7-8(18-12(20)17-7)3-6(5)16-11(19)4-1-9(14)21-10(4)15/h1-3H,(H,16,19)(H2,17,18,20). The summed E-state index contributed by atoms with van der Waals surface area (Å²) in [6, 6.07) is 5.18. The van der Waals surface area contributed by atoms with E-state index >= 15 is 0 Å². The van der Waals surface area contributed by atoms with E-state index in [-0.39, 0.29) is 11.6 Å². The van der Waals surface area contributed by atoms with Crippen LogP contribution in [-0.4, -0.2) is 15.9 Å². The molecule has 9 heteroatoms. The van der Waals surface area contributed by atoms with Gasteiger partial charge in [-0.3, -0.25) is 4.79 Å². The van der Waals surface area contributed by atoms with Crippen molar-refractivity contribution in [3.8, 4) is 0 Å². The Kier molecular flexibility index (Phi) is 4.08. The van der Waals surface area contributed by atoms with Crippen molar-refractivity contribution in [1.82, 2.24) is 9.97 Å². The van der Waals surface area contributed by atoms with E-state index in [9.17, 15) is 9.59 Å². The molecule has 0 atom stereocenters. The third-order valence-electron chi connectivity index (χ3n) is 2.75. The number of benzene rings is 1. The Bertz CT molecular complexity index is 912.